The fraction of sp³-hybridized carbons (Fsp3) is 0.517. The summed E-state index contributed by atoms with van der Waals surface area (Å²) in [4.78, 5) is 55.8. The first-order valence-electron chi connectivity index (χ1n) is 13.8. The molecule has 1 aromatic carbocycles. The number of rotatable bonds is 4. The van der Waals surface area contributed by atoms with Gasteiger partial charge in [-0.25, -0.2) is 4.39 Å². The van der Waals surface area contributed by atoms with E-state index in [-0.39, 0.29) is 42.1 Å². The molecule has 2 unspecified atom stereocenters. The number of halogens is 1. The number of likely N-dealkylation sites (N-methyl/N-ethyl adjacent to an activating group) is 2. The standard InChI is InChI=1S/C29H35FN4O8/c1-6-10(2)20-28(41)32-19-13(9-34(20)5)18(30)12-7-11-8-14-21(33(3)4)24(37)17(27(31)40)26(39)29(14,42)25(38)15(11)22(35)16(12)23(19)36/h10-11,14,20-21,36-38,42H,6-9H2,1-5H3,(H2,31,40)(H,32,41)/t10?,11?,14-,20-,21-,29-/m0/s1. The number of carbonyl (C=O) groups excluding carboxylic acids is 4. The van der Waals surface area contributed by atoms with Crippen molar-refractivity contribution in [3.63, 3.8) is 0 Å². The van der Waals surface area contributed by atoms with Crippen molar-refractivity contribution in [2.75, 3.05) is 26.5 Å². The summed E-state index contributed by atoms with van der Waals surface area (Å²) in [6, 6.07) is -1.78. The van der Waals surface area contributed by atoms with E-state index >= 15 is 4.39 Å². The number of ketones is 2. The topological polar surface area (TPSA) is 194 Å². The van der Waals surface area contributed by atoms with Crippen LogP contribution in [-0.2, 0) is 27.3 Å². The molecule has 0 spiro atoms. The first-order valence-corrected chi connectivity index (χ1v) is 13.8. The summed E-state index contributed by atoms with van der Waals surface area (Å²) in [6.07, 6.45) is 0.319. The molecule has 12 nitrogen and oxygen atoms in total. The highest BCUT2D eigenvalue weighted by atomic mass is 19.1. The number of phenols is 1. The average Bonchev–Trinajstić information content (AvgIpc) is 3.03. The average molecular weight is 587 g/mol. The van der Waals surface area contributed by atoms with Crippen LogP contribution in [0.1, 0.15) is 48.2 Å². The lowest BCUT2D eigenvalue weighted by Gasteiger charge is -2.50. The van der Waals surface area contributed by atoms with E-state index in [4.69, 9.17) is 5.73 Å². The Labute approximate surface area is 241 Å². The van der Waals surface area contributed by atoms with Crippen LogP contribution in [-0.4, -0.2) is 92.4 Å². The van der Waals surface area contributed by atoms with Crippen molar-refractivity contribution in [1.82, 2.24) is 9.80 Å². The second-order valence-electron chi connectivity index (χ2n) is 12.1. The third-order valence-corrected chi connectivity index (χ3v) is 9.50. The van der Waals surface area contributed by atoms with Crippen LogP contribution in [0.2, 0.25) is 0 Å². The Morgan fingerprint density at radius 2 is 1.86 bits per heavy atom. The minimum Gasteiger partial charge on any atom is -0.510 e. The normalized spacial score (nSPS) is 30.3. The summed E-state index contributed by atoms with van der Waals surface area (Å²) in [7, 11) is 4.73. The van der Waals surface area contributed by atoms with Crippen molar-refractivity contribution < 1.29 is 44.0 Å². The maximum Gasteiger partial charge on any atom is 0.255 e. The predicted octanol–water partition coefficient (Wildman–Crippen LogP) is 1.06. The molecule has 0 radical (unpaired) electrons. The quantitative estimate of drug-likeness (QED) is 0.219. The Balaban J connectivity index is 1.69. The molecule has 0 saturated carbocycles. The Morgan fingerprint density at radius 3 is 2.43 bits per heavy atom. The molecule has 42 heavy (non-hydrogen) atoms. The van der Waals surface area contributed by atoms with Crippen molar-refractivity contribution in [2.45, 2.75) is 57.3 Å². The molecule has 13 heteroatoms. The van der Waals surface area contributed by atoms with Gasteiger partial charge in [-0.15, -0.1) is 0 Å². The second kappa shape index (κ2) is 9.89. The van der Waals surface area contributed by atoms with E-state index in [1.165, 1.54) is 19.0 Å². The summed E-state index contributed by atoms with van der Waals surface area (Å²) >= 11 is 0. The zero-order valence-corrected chi connectivity index (χ0v) is 24.0. The van der Waals surface area contributed by atoms with E-state index in [0.717, 1.165) is 0 Å². The molecule has 4 aliphatic rings. The number of nitrogens with one attached hydrogen (secondary N) is 1. The van der Waals surface area contributed by atoms with Crippen LogP contribution in [0.25, 0.3) is 0 Å². The molecule has 7 N–H and O–H groups in total. The number of aliphatic hydroxyl groups is 3. The van der Waals surface area contributed by atoms with Crippen molar-refractivity contribution in [2.24, 2.45) is 23.5 Å². The molecule has 1 aliphatic heterocycles. The zero-order chi connectivity index (χ0) is 31.2. The number of carbonyl (C=O) groups is 4. The molecule has 0 bridgehead atoms. The smallest absolute Gasteiger partial charge is 0.255 e. The van der Waals surface area contributed by atoms with E-state index < -0.39 is 92.7 Å². The van der Waals surface area contributed by atoms with Crippen LogP contribution in [0.4, 0.5) is 10.1 Å². The van der Waals surface area contributed by atoms with E-state index in [2.05, 4.69) is 5.32 Å². The highest BCUT2D eigenvalue weighted by Gasteiger charge is 2.63. The number of aliphatic hydroxyl groups excluding tert-OH is 2. The molecule has 6 atom stereocenters. The van der Waals surface area contributed by atoms with Crippen molar-refractivity contribution in [3.8, 4) is 5.75 Å². The Hall–Kier alpha value is -3.81. The highest BCUT2D eigenvalue weighted by molar-refractivity contribution is 6.25. The highest BCUT2D eigenvalue weighted by Crippen LogP contribution is 2.53. The van der Waals surface area contributed by atoms with E-state index in [1.54, 1.807) is 11.9 Å². The number of fused-ring (bicyclic) bond motifs is 4. The lowest BCUT2D eigenvalue weighted by atomic mass is 9.58. The number of nitrogens with zero attached hydrogens (tertiary/aromatic N) is 2. The van der Waals surface area contributed by atoms with Gasteiger partial charge in [-0.2, -0.15) is 0 Å². The van der Waals surface area contributed by atoms with Gasteiger partial charge in [0.05, 0.1) is 23.3 Å². The van der Waals surface area contributed by atoms with Crippen molar-refractivity contribution in [1.29, 1.82) is 0 Å². The number of amides is 2. The maximum atomic E-state index is 16.3. The molecule has 2 amide bonds. The van der Waals surface area contributed by atoms with Gasteiger partial charge in [0.2, 0.25) is 11.7 Å². The Bertz CT molecular complexity index is 1520. The maximum absolute atomic E-state index is 16.3. The third kappa shape index (κ3) is 3.83. The molecular weight excluding hydrogens is 551 g/mol. The molecule has 0 fully saturated rings. The minimum atomic E-state index is -2.80. The number of hydrogen-bond donors (Lipinski definition) is 6. The van der Waals surface area contributed by atoms with E-state index in [1.807, 2.05) is 13.8 Å². The van der Waals surface area contributed by atoms with Gasteiger partial charge in [0.1, 0.15) is 22.9 Å². The van der Waals surface area contributed by atoms with Gasteiger partial charge in [-0.05, 0) is 45.8 Å². The van der Waals surface area contributed by atoms with Crippen molar-refractivity contribution in [3.05, 3.63) is 45.2 Å². The van der Waals surface area contributed by atoms with Crippen LogP contribution in [0.3, 0.4) is 0 Å². The molecule has 0 aromatic heterocycles. The van der Waals surface area contributed by atoms with Crippen molar-refractivity contribution >= 4 is 29.1 Å². The fourth-order valence-corrected chi connectivity index (χ4v) is 7.34. The van der Waals surface area contributed by atoms with Crippen LogP contribution >= 0.6 is 0 Å². The molecule has 3 aliphatic carbocycles. The van der Waals surface area contributed by atoms with E-state index in [0.29, 0.717) is 6.42 Å². The first kappa shape index (κ1) is 29.7. The number of primary amides is 1. The minimum absolute atomic E-state index is 0.00959. The van der Waals surface area contributed by atoms with Crippen LogP contribution in [0.15, 0.2) is 22.7 Å². The van der Waals surface area contributed by atoms with Gasteiger partial charge in [0, 0.05) is 29.2 Å². The number of anilines is 1. The number of hydrogen-bond acceptors (Lipinski definition) is 10. The lowest BCUT2D eigenvalue weighted by Crippen LogP contribution is -2.63. The van der Waals surface area contributed by atoms with Gasteiger partial charge >= 0.3 is 0 Å². The Kier molecular flexibility index (Phi) is 6.99. The SMILES string of the molecule is CCC(C)[C@H]1C(=O)Nc2c(O)c3c(c(F)c2CN1C)CC1C[C@H]2[C@H](N(C)C)C(O)=C(C(N)=O)C(=O)[C@@]2(O)C(O)=C1C3=O. The van der Waals surface area contributed by atoms with Crippen LogP contribution in [0.5, 0.6) is 5.75 Å². The summed E-state index contributed by atoms with van der Waals surface area (Å²) in [5, 5.41) is 47.9. The summed E-state index contributed by atoms with van der Waals surface area (Å²) in [5.41, 5.74) is 0.384. The van der Waals surface area contributed by atoms with Crippen LogP contribution in [0, 0.1) is 23.6 Å². The predicted molar refractivity (Wildman–Crippen MR) is 147 cm³/mol. The number of aromatic hydroxyl groups is 1. The largest absolute Gasteiger partial charge is 0.510 e. The Morgan fingerprint density at radius 1 is 1.21 bits per heavy atom. The number of phenolic OH excluding ortho intramolecular Hbond substituents is 1. The number of allylic oxidation sites excluding steroid dienone is 1. The van der Waals surface area contributed by atoms with E-state index in [9.17, 15) is 39.6 Å². The molecule has 1 heterocycles. The summed E-state index contributed by atoms with van der Waals surface area (Å²) < 4.78 is 16.3. The second-order valence-corrected chi connectivity index (χ2v) is 12.1. The van der Waals surface area contributed by atoms with Crippen LogP contribution < -0.4 is 11.1 Å². The summed E-state index contributed by atoms with van der Waals surface area (Å²) in [6.45, 7) is 3.76. The lowest BCUT2D eigenvalue weighted by molar-refractivity contribution is -0.148. The molecule has 1 aromatic rings. The van der Waals surface area contributed by atoms with Gasteiger partial charge < -0.3 is 31.5 Å². The van der Waals surface area contributed by atoms with Gasteiger partial charge in [-0.3, -0.25) is 29.0 Å². The molecule has 226 valence electrons. The van der Waals surface area contributed by atoms with Gasteiger partial charge in [0.25, 0.3) is 5.91 Å². The molecular formula is C29H35FN4O8. The number of Topliss-reactive ketones (excluding diaryl/α,β-unsaturated/α-hetero) is 2. The third-order valence-electron chi connectivity index (χ3n) is 9.50. The van der Waals surface area contributed by atoms with Gasteiger partial charge in [0.15, 0.2) is 17.1 Å². The number of nitrogens with two attached hydrogens (primary N) is 1. The van der Waals surface area contributed by atoms with Gasteiger partial charge in [-0.1, -0.05) is 20.3 Å². The molecule has 5 rings (SSSR count). The molecule has 0 saturated heterocycles. The fourth-order valence-electron chi connectivity index (χ4n) is 7.34. The first-order chi connectivity index (χ1) is 19.6. The zero-order valence-electron chi connectivity index (χ0n) is 24.0. The number of benzene rings is 1. The summed E-state index contributed by atoms with van der Waals surface area (Å²) in [5.74, 6) is -9.61. The monoisotopic (exact) mass is 586 g/mol.